The molecule has 1 N–H and O–H groups in total. The second-order valence-corrected chi connectivity index (χ2v) is 5.26. The minimum absolute atomic E-state index is 0.0925. The van der Waals surface area contributed by atoms with E-state index in [1.54, 1.807) is 0 Å². The van der Waals surface area contributed by atoms with E-state index in [2.05, 4.69) is 12.2 Å². The van der Waals surface area contributed by atoms with Crippen LogP contribution in [0.1, 0.15) is 22.8 Å². The van der Waals surface area contributed by atoms with Gasteiger partial charge in [-0.15, -0.1) is 0 Å². The Morgan fingerprint density at radius 2 is 1.86 bits per heavy atom. The highest BCUT2D eigenvalue weighted by atomic mass is 16.6. The molecule has 0 saturated heterocycles. The molecule has 0 radical (unpaired) electrons. The van der Waals surface area contributed by atoms with Crippen LogP contribution in [0, 0.1) is 0 Å². The van der Waals surface area contributed by atoms with Crippen LogP contribution < -0.4 is 14.8 Å². The van der Waals surface area contributed by atoms with Crippen LogP contribution in [0.3, 0.4) is 0 Å². The molecule has 1 amide bonds. The minimum atomic E-state index is -0.172. The summed E-state index contributed by atoms with van der Waals surface area (Å²) in [5.74, 6) is 1.38. The van der Waals surface area contributed by atoms with Crippen LogP contribution >= 0.6 is 0 Å². The lowest BCUT2D eigenvalue weighted by Gasteiger charge is -2.26. The third-order valence-corrected chi connectivity index (χ3v) is 3.68. The first-order valence-corrected chi connectivity index (χ1v) is 7.52. The Labute approximate surface area is 130 Å². The van der Waals surface area contributed by atoms with Crippen LogP contribution in [-0.4, -0.2) is 25.2 Å². The van der Waals surface area contributed by atoms with Crippen LogP contribution in [0.25, 0.3) is 0 Å². The van der Waals surface area contributed by atoms with Gasteiger partial charge in [0, 0.05) is 5.56 Å². The highest BCUT2D eigenvalue weighted by Crippen LogP contribution is 2.30. The van der Waals surface area contributed by atoms with Gasteiger partial charge < -0.3 is 14.8 Å². The molecule has 2 aromatic carbocycles. The molecule has 3 rings (SSSR count). The van der Waals surface area contributed by atoms with Gasteiger partial charge in [0.05, 0.1) is 6.54 Å². The van der Waals surface area contributed by atoms with Crippen molar-refractivity contribution in [2.75, 3.05) is 13.2 Å². The number of ether oxygens (including phenoxy) is 2. The van der Waals surface area contributed by atoms with Gasteiger partial charge in [0.15, 0.2) is 11.5 Å². The van der Waals surface area contributed by atoms with Crippen molar-refractivity contribution < 1.29 is 14.3 Å². The second kappa shape index (κ2) is 6.52. The van der Waals surface area contributed by atoms with Crippen LogP contribution in [0.4, 0.5) is 0 Å². The fourth-order valence-electron chi connectivity index (χ4n) is 2.36. The van der Waals surface area contributed by atoms with E-state index in [4.69, 9.17) is 9.47 Å². The van der Waals surface area contributed by atoms with Gasteiger partial charge >= 0.3 is 0 Å². The van der Waals surface area contributed by atoms with Crippen LogP contribution in [-0.2, 0) is 6.42 Å². The molecule has 0 spiro atoms. The van der Waals surface area contributed by atoms with Crippen molar-refractivity contribution in [2.45, 2.75) is 19.4 Å². The van der Waals surface area contributed by atoms with E-state index < -0.39 is 0 Å². The second-order valence-electron chi connectivity index (χ2n) is 5.26. The smallest absolute Gasteiger partial charge is 0.251 e. The lowest BCUT2D eigenvalue weighted by Crippen LogP contribution is -2.40. The van der Waals surface area contributed by atoms with Crippen molar-refractivity contribution in [3.63, 3.8) is 0 Å². The number of hydrogen-bond donors (Lipinski definition) is 1. The average Bonchev–Trinajstić information content (AvgIpc) is 2.59. The molecule has 1 heterocycles. The molecule has 4 heteroatoms. The summed E-state index contributed by atoms with van der Waals surface area (Å²) in [5.41, 5.74) is 1.88. The molecule has 0 bridgehead atoms. The lowest BCUT2D eigenvalue weighted by molar-refractivity contribution is 0.0789. The van der Waals surface area contributed by atoms with Gasteiger partial charge in [-0.2, -0.15) is 0 Å². The first-order chi connectivity index (χ1) is 10.8. The van der Waals surface area contributed by atoms with E-state index in [-0.39, 0.29) is 12.0 Å². The minimum Gasteiger partial charge on any atom is -0.486 e. The number of carbonyl (C=O) groups excluding carboxylic acids is 1. The predicted octanol–water partition coefficient (Wildman–Crippen LogP) is 2.82. The zero-order chi connectivity index (χ0) is 15.4. The highest BCUT2D eigenvalue weighted by Gasteiger charge is 2.21. The van der Waals surface area contributed by atoms with E-state index in [0.717, 1.165) is 17.9 Å². The Balaban J connectivity index is 1.55. The maximum atomic E-state index is 12.1. The van der Waals surface area contributed by atoms with Crippen LogP contribution in [0.5, 0.6) is 11.5 Å². The van der Waals surface area contributed by atoms with Gasteiger partial charge in [-0.3, -0.25) is 4.79 Å². The molecule has 1 aliphatic rings. The lowest BCUT2D eigenvalue weighted by atomic mass is 10.1. The summed E-state index contributed by atoms with van der Waals surface area (Å²) in [7, 11) is 0. The number of fused-ring (bicyclic) bond motifs is 1. The first-order valence-electron chi connectivity index (χ1n) is 7.52. The Kier molecular flexibility index (Phi) is 4.28. The Morgan fingerprint density at radius 3 is 2.59 bits per heavy atom. The van der Waals surface area contributed by atoms with E-state index >= 15 is 0 Å². The van der Waals surface area contributed by atoms with E-state index in [9.17, 15) is 4.79 Å². The van der Waals surface area contributed by atoms with Crippen molar-refractivity contribution in [3.8, 4) is 11.5 Å². The zero-order valence-electron chi connectivity index (χ0n) is 12.5. The van der Waals surface area contributed by atoms with Gasteiger partial charge in [0.25, 0.3) is 5.91 Å². The maximum Gasteiger partial charge on any atom is 0.251 e. The summed E-state index contributed by atoms with van der Waals surface area (Å²) < 4.78 is 11.4. The number of benzene rings is 2. The van der Waals surface area contributed by atoms with Gasteiger partial charge in [0.1, 0.15) is 12.7 Å². The molecule has 4 nitrogen and oxygen atoms in total. The predicted molar refractivity (Wildman–Crippen MR) is 84.5 cm³/mol. The summed E-state index contributed by atoms with van der Waals surface area (Å²) in [6, 6.07) is 15.2. The van der Waals surface area contributed by atoms with Gasteiger partial charge in [-0.05, 0) is 36.2 Å². The van der Waals surface area contributed by atoms with Gasteiger partial charge in [-0.25, -0.2) is 0 Å². The normalized spacial score (nSPS) is 16.1. The number of para-hydroxylation sites is 2. The van der Waals surface area contributed by atoms with Gasteiger partial charge in [-0.1, -0.05) is 31.2 Å². The number of carbonyl (C=O) groups is 1. The van der Waals surface area contributed by atoms with Crippen molar-refractivity contribution >= 4 is 5.91 Å². The van der Waals surface area contributed by atoms with Gasteiger partial charge in [0.2, 0.25) is 0 Å². The summed E-state index contributed by atoms with van der Waals surface area (Å²) >= 11 is 0. The Hall–Kier alpha value is -2.49. The molecular weight excluding hydrogens is 278 g/mol. The number of nitrogens with one attached hydrogen (secondary N) is 1. The molecule has 22 heavy (non-hydrogen) atoms. The van der Waals surface area contributed by atoms with Crippen molar-refractivity contribution in [3.05, 3.63) is 59.7 Å². The average molecular weight is 297 g/mol. The zero-order valence-corrected chi connectivity index (χ0v) is 12.5. The van der Waals surface area contributed by atoms with Crippen molar-refractivity contribution in [1.29, 1.82) is 0 Å². The number of aryl methyl sites for hydroxylation is 1. The number of hydrogen-bond acceptors (Lipinski definition) is 3. The Morgan fingerprint density at radius 1 is 1.14 bits per heavy atom. The molecule has 1 atom stereocenters. The summed E-state index contributed by atoms with van der Waals surface area (Å²) in [6.07, 6.45) is 0.794. The number of rotatable bonds is 4. The number of amides is 1. The first kappa shape index (κ1) is 14.4. The Bertz CT molecular complexity index is 652. The fourth-order valence-corrected chi connectivity index (χ4v) is 2.36. The molecule has 114 valence electrons. The molecule has 2 aromatic rings. The van der Waals surface area contributed by atoms with E-state index in [0.29, 0.717) is 18.7 Å². The summed E-state index contributed by atoms with van der Waals surface area (Å²) in [6.45, 7) is 2.95. The maximum absolute atomic E-state index is 12.1. The highest BCUT2D eigenvalue weighted by molar-refractivity contribution is 5.94. The molecule has 0 aromatic heterocycles. The van der Waals surface area contributed by atoms with Crippen LogP contribution in [0.15, 0.2) is 48.5 Å². The topological polar surface area (TPSA) is 47.6 Å². The van der Waals surface area contributed by atoms with E-state index in [1.807, 2.05) is 48.5 Å². The standard InChI is InChI=1S/C18H19NO3/c1-2-13-7-9-14(10-8-13)18(20)19-11-15-12-21-16-5-3-4-6-17(16)22-15/h3-10,15H,2,11-12H2,1H3,(H,19,20). The summed E-state index contributed by atoms with van der Waals surface area (Å²) in [4.78, 5) is 12.1. The molecule has 1 unspecified atom stereocenters. The molecular formula is C18H19NO3. The van der Waals surface area contributed by atoms with Crippen molar-refractivity contribution in [1.82, 2.24) is 5.32 Å². The van der Waals surface area contributed by atoms with Crippen LogP contribution in [0.2, 0.25) is 0 Å². The third kappa shape index (κ3) is 3.22. The molecule has 0 fully saturated rings. The fraction of sp³-hybridized carbons (Fsp3) is 0.278. The molecule has 1 aliphatic heterocycles. The third-order valence-electron chi connectivity index (χ3n) is 3.68. The van der Waals surface area contributed by atoms with E-state index in [1.165, 1.54) is 5.56 Å². The van der Waals surface area contributed by atoms with Crippen molar-refractivity contribution in [2.24, 2.45) is 0 Å². The quantitative estimate of drug-likeness (QED) is 0.944. The largest absolute Gasteiger partial charge is 0.486 e. The monoisotopic (exact) mass is 297 g/mol. The summed E-state index contributed by atoms with van der Waals surface area (Å²) in [5, 5.41) is 2.89. The molecule has 0 saturated carbocycles. The molecule has 0 aliphatic carbocycles. The SMILES string of the molecule is CCc1ccc(C(=O)NCC2COc3ccccc3O2)cc1.